The van der Waals surface area contributed by atoms with Crippen molar-refractivity contribution in [2.45, 2.75) is 501 Å². The maximum Gasteiger partial charge on any atom is 0.305 e. The Kier molecular flexibility index (Phi) is 78.8. The van der Waals surface area contributed by atoms with Gasteiger partial charge in [0, 0.05) is 12.8 Å². The summed E-state index contributed by atoms with van der Waals surface area (Å²) in [5.74, 6) is -0.0291. The SMILES string of the molecule is CCCCCCCCCCCCCCCCCCC/C=C/C(O)C(CO)NC(=O)CCCCCCCCCCCCCCCCCCCCCCCCCCCCCCCCCCCCCOC(=O)CCCCCCCCCCCCCCCCCCCCC. The lowest BCUT2D eigenvalue weighted by molar-refractivity contribution is -0.143. The highest BCUT2D eigenvalue weighted by molar-refractivity contribution is 5.76. The first-order valence-corrected chi connectivity index (χ1v) is 42.0. The molecular formula is C84H165NO5. The van der Waals surface area contributed by atoms with Crippen LogP contribution < -0.4 is 5.32 Å². The molecule has 0 aliphatic rings. The predicted octanol–water partition coefficient (Wildman–Crippen LogP) is 27.8. The van der Waals surface area contributed by atoms with Gasteiger partial charge in [-0.05, 0) is 32.1 Å². The second-order valence-corrected chi connectivity index (χ2v) is 29.2. The first-order valence-electron chi connectivity index (χ1n) is 42.0. The van der Waals surface area contributed by atoms with E-state index in [1.54, 1.807) is 6.08 Å². The summed E-state index contributed by atoms with van der Waals surface area (Å²) in [6.45, 7) is 4.97. The molecule has 0 aromatic rings. The van der Waals surface area contributed by atoms with E-state index in [-0.39, 0.29) is 18.5 Å². The van der Waals surface area contributed by atoms with Gasteiger partial charge in [0.25, 0.3) is 0 Å². The second-order valence-electron chi connectivity index (χ2n) is 29.2. The van der Waals surface area contributed by atoms with Crippen molar-refractivity contribution in [3.63, 3.8) is 0 Å². The smallest absolute Gasteiger partial charge is 0.305 e. The molecule has 0 heterocycles. The Morgan fingerprint density at radius 2 is 0.511 bits per heavy atom. The van der Waals surface area contributed by atoms with E-state index in [0.29, 0.717) is 19.4 Å². The number of carbonyl (C=O) groups is 2. The Hall–Kier alpha value is -1.40. The highest BCUT2D eigenvalue weighted by Crippen LogP contribution is 2.21. The summed E-state index contributed by atoms with van der Waals surface area (Å²) in [5, 5.41) is 23.3. The monoisotopic (exact) mass is 1270 g/mol. The molecule has 90 heavy (non-hydrogen) atoms. The number of amides is 1. The Morgan fingerprint density at radius 3 is 0.756 bits per heavy atom. The average Bonchev–Trinajstić information content (AvgIpc) is 3.56. The van der Waals surface area contributed by atoms with Gasteiger partial charge in [-0.15, -0.1) is 0 Å². The lowest BCUT2D eigenvalue weighted by Crippen LogP contribution is -2.45. The number of carbonyl (C=O) groups excluding carboxylic acids is 2. The lowest BCUT2D eigenvalue weighted by atomic mass is 10.0. The van der Waals surface area contributed by atoms with Crippen molar-refractivity contribution >= 4 is 11.9 Å². The van der Waals surface area contributed by atoms with Crippen LogP contribution in [-0.2, 0) is 14.3 Å². The van der Waals surface area contributed by atoms with Crippen molar-refractivity contribution in [2.24, 2.45) is 0 Å². The van der Waals surface area contributed by atoms with Crippen LogP contribution in [0, 0.1) is 0 Å². The molecule has 0 spiro atoms. The van der Waals surface area contributed by atoms with Gasteiger partial charge in [-0.25, -0.2) is 0 Å². The number of hydrogen-bond acceptors (Lipinski definition) is 5. The number of ether oxygens (including phenoxy) is 1. The van der Waals surface area contributed by atoms with E-state index in [9.17, 15) is 19.8 Å². The molecule has 0 rings (SSSR count). The highest BCUT2D eigenvalue weighted by atomic mass is 16.5. The van der Waals surface area contributed by atoms with E-state index >= 15 is 0 Å². The van der Waals surface area contributed by atoms with Gasteiger partial charge in [0.05, 0.1) is 25.4 Å². The molecule has 0 aromatic carbocycles. The maximum absolute atomic E-state index is 12.5. The molecule has 0 saturated heterocycles. The lowest BCUT2D eigenvalue weighted by Gasteiger charge is -2.20. The summed E-state index contributed by atoms with van der Waals surface area (Å²) < 4.78 is 5.53. The third kappa shape index (κ3) is 75.6. The van der Waals surface area contributed by atoms with E-state index < -0.39 is 12.1 Å². The third-order valence-corrected chi connectivity index (χ3v) is 20.1. The molecule has 3 N–H and O–H groups in total. The van der Waals surface area contributed by atoms with Gasteiger partial charge in [0.2, 0.25) is 5.91 Å². The number of aliphatic hydroxyl groups is 2. The van der Waals surface area contributed by atoms with Crippen LogP contribution in [0.1, 0.15) is 489 Å². The largest absolute Gasteiger partial charge is 0.466 e. The summed E-state index contributed by atoms with van der Waals surface area (Å²) in [4.78, 5) is 24.7. The number of unbranched alkanes of at least 4 members (excludes halogenated alkanes) is 69. The van der Waals surface area contributed by atoms with Crippen LogP contribution >= 0.6 is 0 Å². The molecule has 6 nitrogen and oxygen atoms in total. The van der Waals surface area contributed by atoms with Gasteiger partial charge in [0.15, 0.2) is 0 Å². The average molecular weight is 1270 g/mol. The maximum atomic E-state index is 12.5. The molecule has 0 radical (unpaired) electrons. The van der Waals surface area contributed by atoms with Crippen molar-refractivity contribution in [1.82, 2.24) is 5.32 Å². The molecule has 2 unspecified atom stereocenters. The Balaban J connectivity index is 3.31. The first-order chi connectivity index (χ1) is 44.5. The minimum Gasteiger partial charge on any atom is -0.466 e. The predicted molar refractivity (Wildman–Crippen MR) is 398 cm³/mol. The quantitative estimate of drug-likeness (QED) is 0.0320. The van der Waals surface area contributed by atoms with E-state index in [4.69, 9.17) is 4.74 Å². The number of nitrogens with one attached hydrogen (secondary N) is 1. The molecule has 0 aromatic heterocycles. The van der Waals surface area contributed by atoms with Crippen molar-refractivity contribution in [1.29, 1.82) is 0 Å². The molecule has 6 heteroatoms. The van der Waals surface area contributed by atoms with Crippen molar-refractivity contribution in [2.75, 3.05) is 13.2 Å². The zero-order chi connectivity index (χ0) is 64.9. The van der Waals surface area contributed by atoms with Crippen molar-refractivity contribution in [3.05, 3.63) is 12.2 Å². The van der Waals surface area contributed by atoms with Crippen LogP contribution in [0.3, 0.4) is 0 Å². The van der Waals surface area contributed by atoms with Crippen LogP contribution in [0.5, 0.6) is 0 Å². The van der Waals surface area contributed by atoms with E-state index in [0.717, 1.165) is 38.5 Å². The van der Waals surface area contributed by atoms with E-state index in [2.05, 4.69) is 19.2 Å². The van der Waals surface area contributed by atoms with Gasteiger partial charge < -0.3 is 20.3 Å². The molecule has 2 atom stereocenters. The Morgan fingerprint density at radius 1 is 0.300 bits per heavy atom. The molecule has 0 bridgehead atoms. The van der Waals surface area contributed by atoms with E-state index in [1.165, 1.54) is 424 Å². The molecule has 0 aliphatic heterocycles. The number of allylic oxidation sites excluding steroid dienone is 1. The summed E-state index contributed by atoms with van der Waals surface area (Å²) in [7, 11) is 0. The summed E-state index contributed by atoms with van der Waals surface area (Å²) in [6.07, 6.45) is 102. The number of aliphatic hydroxyl groups excluding tert-OH is 2. The van der Waals surface area contributed by atoms with Crippen LogP contribution in [0.25, 0.3) is 0 Å². The van der Waals surface area contributed by atoms with Crippen LogP contribution in [0.15, 0.2) is 12.2 Å². The molecular weight excluding hydrogens is 1100 g/mol. The van der Waals surface area contributed by atoms with Crippen molar-refractivity contribution in [3.8, 4) is 0 Å². The second kappa shape index (κ2) is 80.0. The van der Waals surface area contributed by atoms with Gasteiger partial charge in [-0.1, -0.05) is 456 Å². The fourth-order valence-electron chi connectivity index (χ4n) is 13.7. The summed E-state index contributed by atoms with van der Waals surface area (Å²) in [6, 6.07) is -0.624. The van der Waals surface area contributed by atoms with Gasteiger partial charge in [0.1, 0.15) is 0 Å². The van der Waals surface area contributed by atoms with Gasteiger partial charge in [-0.3, -0.25) is 9.59 Å². The number of rotatable bonds is 80. The number of hydrogen-bond donors (Lipinski definition) is 3. The Labute approximate surface area is 565 Å². The van der Waals surface area contributed by atoms with Crippen LogP contribution in [0.2, 0.25) is 0 Å². The number of esters is 1. The summed E-state index contributed by atoms with van der Waals surface area (Å²) in [5.41, 5.74) is 0. The minimum atomic E-state index is -0.841. The fraction of sp³-hybridized carbons (Fsp3) is 0.952. The Bertz CT molecular complexity index is 1370. The van der Waals surface area contributed by atoms with Gasteiger partial charge in [-0.2, -0.15) is 0 Å². The topological polar surface area (TPSA) is 95.9 Å². The standard InChI is InChI=1S/C84H165NO5/c1-3-5-7-9-11-13-15-17-19-21-40-44-48-52-56-60-64-68-72-76-82(87)81(80-86)85-83(88)77-73-69-65-61-57-53-49-45-42-38-36-34-32-30-28-26-24-23-25-27-29-31-33-35-37-39-43-47-51-55-59-63-67-71-75-79-90-84(89)78-74-70-66-62-58-54-50-46-41-22-20-18-16-14-12-10-8-6-4-2/h72,76,81-82,86-87H,3-71,73-75,77-80H2,1-2H3,(H,85,88)/b76-72+. The van der Waals surface area contributed by atoms with Crippen LogP contribution in [-0.4, -0.2) is 47.4 Å². The summed E-state index contributed by atoms with van der Waals surface area (Å²) >= 11 is 0. The molecule has 1 amide bonds. The molecule has 0 aliphatic carbocycles. The molecule has 0 saturated carbocycles. The minimum absolute atomic E-state index is 0.0286. The van der Waals surface area contributed by atoms with Gasteiger partial charge >= 0.3 is 5.97 Å². The molecule has 0 fully saturated rings. The zero-order valence-corrected chi connectivity index (χ0v) is 61.7. The normalized spacial score (nSPS) is 12.4. The highest BCUT2D eigenvalue weighted by Gasteiger charge is 2.18. The zero-order valence-electron chi connectivity index (χ0n) is 61.7. The van der Waals surface area contributed by atoms with Crippen molar-refractivity contribution < 1.29 is 24.5 Å². The fourth-order valence-corrected chi connectivity index (χ4v) is 13.7. The third-order valence-electron chi connectivity index (χ3n) is 20.1. The molecule has 536 valence electrons. The van der Waals surface area contributed by atoms with E-state index in [1.807, 2.05) is 6.08 Å². The first kappa shape index (κ1) is 88.6. The van der Waals surface area contributed by atoms with Crippen LogP contribution in [0.4, 0.5) is 0 Å².